The number of nitrogens with zero attached hydrogens (tertiary/aromatic N) is 3. The van der Waals surface area contributed by atoms with Crippen LogP contribution in [0.15, 0.2) is 24.4 Å². The van der Waals surface area contributed by atoms with E-state index in [1.807, 2.05) is 30.1 Å². The standard InChI is InChI=1S/C11H13ClN4S/c1-16(7-5-13)11-14-6-4-8(15-11)9-2-3-10(12)17-9/h2-4,6H,5,7,13H2,1H3. The molecule has 0 amide bonds. The minimum atomic E-state index is 0.578. The Morgan fingerprint density at radius 1 is 1.41 bits per heavy atom. The Morgan fingerprint density at radius 2 is 2.24 bits per heavy atom. The molecule has 0 aliphatic heterocycles. The molecule has 0 saturated heterocycles. The van der Waals surface area contributed by atoms with Crippen LogP contribution in [-0.2, 0) is 0 Å². The third-order valence-corrected chi connectivity index (χ3v) is 3.53. The van der Waals surface area contributed by atoms with Crippen molar-refractivity contribution in [2.75, 3.05) is 25.0 Å². The van der Waals surface area contributed by atoms with Crippen LogP contribution in [0.25, 0.3) is 10.6 Å². The summed E-state index contributed by atoms with van der Waals surface area (Å²) in [6.45, 7) is 1.31. The van der Waals surface area contributed by atoms with E-state index < -0.39 is 0 Å². The van der Waals surface area contributed by atoms with Gasteiger partial charge >= 0.3 is 0 Å². The van der Waals surface area contributed by atoms with Crippen molar-refractivity contribution in [3.8, 4) is 10.6 Å². The zero-order chi connectivity index (χ0) is 12.3. The highest BCUT2D eigenvalue weighted by Gasteiger charge is 2.07. The number of likely N-dealkylation sites (N-methyl/N-ethyl adjacent to an activating group) is 1. The van der Waals surface area contributed by atoms with Gasteiger partial charge in [0.05, 0.1) is 14.9 Å². The normalized spacial score (nSPS) is 10.5. The van der Waals surface area contributed by atoms with Crippen molar-refractivity contribution in [1.82, 2.24) is 9.97 Å². The monoisotopic (exact) mass is 268 g/mol. The Bertz CT molecular complexity index is 500. The van der Waals surface area contributed by atoms with Gasteiger partial charge in [-0.3, -0.25) is 0 Å². The minimum Gasteiger partial charge on any atom is -0.343 e. The Morgan fingerprint density at radius 3 is 2.88 bits per heavy atom. The number of aromatic nitrogens is 2. The topological polar surface area (TPSA) is 55.0 Å². The number of rotatable bonds is 4. The molecule has 2 aromatic heterocycles. The highest BCUT2D eigenvalue weighted by molar-refractivity contribution is 7.19. The zero-order valence-electron chi connectivity index (χ0n) is 9.43. The molecule has 0 spiro atoms. The van der Waals surface area contributed by atoms with Crippen LogP contribution in [-0.4, -0.2) is 30.1 Å². The Kier molecular flexibility index (Phi) is 3.93. The number of hydrogen-bond acceptors (Lipinski definition) is 5. The fourth-order valence-electron chi connectivity index (χ4n) is 1.42. The van der Waals surface area contributed by atoms with Gasteiger partial charge in [0, 0.05) is 26.3 Å². The number of hydrogen-bond donors (Lipinski definition) is 1. The van der Waals surface area contributed by atoms with Gasteiger partial charge in [-0.2, -0.15) is 0 Å². The molecule has 90 valence electrons. The fraction of sp³-hybridized carbons (Fsp3) is 0.273. The van der Waals surface area contributed by atoms with Crippen molar-refractivity contribution >= 4 is 28.9 Å². The van der Waals surface area contributed by atoms with Gasteiger partial charge in [-0.15, -0.1) is 11.3 Å². The molecule has 17 heavy (non-hydrogen) atoms. The second kappa shape index (κ2) is 5.44. The first-order valence-corrected chi connectivity index (χ1v) is 6.40. The maximum absolute atomic E-state index is 5.91. The molecular formula is C11H13ClN4S. The van der Waals surface area contributed by atoms with Crippen molar-refractivity contribution in [2.24, 2.45) is 5.73 Å². The average molecular weight is 269 g/mol. The third-order valence-electron chi connectivity index (χ3n) is 2.27. The molecular weight excluding hydrogens is 256 g/mol. The lowest BCUT2D eigenvalue weighted by Crippen LogP contribution is -2.26. The molecule has 4 nitrogen and oxygen atoms in total. The van der Waals surface area contributed by atoms with Crippen LogP contribution in [0, 0.1) is 0 Å². The summed E-state index contributed by atoms with van der Waals surface area (Å²) in [6.07, 6.45) is 1.75. The molecule has 2 N–H and O–H groups in total. The van der Waals surface area contributed by atoms with Crippen LogP contribution < -0.4 is 10.6 Å². The maximum Gasteiger partial charge on any atom is 0.225 e. The predicted molar refractivity (Wildman–Crippen MR) is 72.7 cm³/mol. The summed E-state index contributed by atoms with van der Waals surface area (Å²) >= 11 is 7.42. The minimum absolute atomic E-state index is 0.578. The van der Waals surface area contributed by atoms with Gasteiger partial charge in [-0.1, -0.05) is 11.6 Å². The first-order valence-electron chi connectivity index (χ1n) is 5.20. The van der Waals surface area contributed by atoms with E-state index in [0.717, 1.165) is 21.5 Å². The summed E-state index contributed by atoms with van der Waals surface area (Å²) in [5.74, 6) is 0.678. The quantitative estimate of drug-likeness (QED) is 0.924. The van der Waals surface area contributed by atoms with Crippen molar-refractivity contribution in [3.05, 3.63) is 28.7 Å². The molecule has 0 bridgehead atoms. The van der Waals surface area contributed by atoms with Gasteiger partial charge in [0.1, 0.15) is 0 Å². The zero-order valence-corrected chi connectivity index (χ0v) is 11.0. The van der Waals surface area contributed by atoms with Gasteiger partial charge in [0.15, 0.2) is 0 Å². The number of halogens is 1. The summed E-state index contributed by atoms with van der Waals surface area (Å²) in [5.41, 5.74) is 6.39. The SMILES string of the molecule is CN(CCN)c1nccc(-c2ccc(Cl)s2)n1. The van der Waals surface area contributed by atoms with Crippen LogP contribution in [0.2, 0.25) is 4.34 Å². The highest BCUT2D eigenvalue weighted by Crippen LogP contribution is 2.30. The second-order valence-corrected chi connectivity index (χ2v) is 5.27. The lowest BCUT2D eigenvalue weighted by molar-refractivity contribution is 0.847. The predicted octanol–water partition coefficient (Wildman–Crippen LogP) is 2.25. The third kappa shape index (κ3) is 2.94. The largest absolute Gasteiger partial charge is 0.343 e. The molecule has 0 aromatic carbocycles. The molecule has 2 heterocycles. The summed E-state index contributed by atoms with van der Waals surface area (Å²) in [7, 11) is 1.92. The van der Waals surface area contributed by atoms with E-state index in [9.17, 15) is 0 Å². The van der Waals surface area contributed by atoms with E-state index in [1.165, 1.54) is 11.3 Å². The molecule has 0 unspecified atom stereocenters. The van der Waals surface area contributed by atoms with Gasteiger partial charge in [-0.05, 0) is 18.2 Å². The molecule has 0 saturated carbocycles. The first-order chi connectivity index (χ1) is 8.20. The molecule has 6 heteroatoms. The van der Waals surface area contributed by atoms with Crippen molar-refractivity contribution < 1.29 is 0 Å². The Balaban J connectivity index is 2.28. The Labute approximate surface area is 109 Å². The van der Waals surface area contributed by atoms with Gasteiger partial charge in [0.25, 0.3) is 0 Å². The molecule has 2 rings (SSSR count). The van der Waals surface area contributed by atoms with E-state index in [0.29, 0.717) is 12.5 Å². The number of nitrogens with two attached hydrogens (primary N) is 1. The molecule has 0 aliphatic carbocycles. The van der Waals surface area contributed by atoms with Crippen molar-refractivity contribution in [1.29, 1.82) is 0 Å². The average Bonchev–Trinajstić information content (AvgIpc) is 2.76. The van der Waals surface area contributed by atoms with E-state index in [-0.39, 0.29) is 0 Å². The molecule has 0 aliphatic rings. The smallest absolute Gasteiger partial charge is 0.225 e. The van der Waals surface area contributed by atoms with E-state index >= 15 is 0 Å². The summed E-state index contributed by atoms with van der Waals surface area (Å²) in [4.78, 5) is 11.7. The van der Waals surface area contributed by atoms with E-state index in [1.54, 1.807) is 6.20 Å². The first kappa shape index (κ1) is 12.3. The second-order valence-electron chi connectivity index (χ2n) is 3.56. The maximum atomic E-state index is 5.91. The van der Waals surface area contributed by atoms with Gasteiger partial charge in [-0.25, -0.2) is 9.97 Å². The van der Waals surface area contributed by atoms with E-state index in [4.69, 9.17) is 17.3 Å². The number of thiophene rings is 1. The Hall–Kier alpha value is -1.17. The van der Waals surface area contributed by atoms with Crippen LogP contribution in [0.1, 0.15) is 0 Å². The fourth-order valence-corrected chi connectivity index (χ4v) is 2.43. The van der Waals surface area contributed by atoms with Gasteiger partial charge in [0.2, 0.25) is 5.95 Å². The van der Waals surface area contributed by atoms with Crippen molar-refractivity contribution in [2.45, 2.75) is 0 Å². The lowest BCUT2D eigenvalue weighted by Gasteiger charge is -2.15. The molecule has 2 aromatic rings. The molecule has 0 fully saturated rings. The van der Waals surface area contributed by atoms with Crippen molar-refractivity contribution in [3.63, 3.8) is 0 Å². The summed E-state index contributed by atoms with van der Waals surface area (Å²) in [5, 5.41) is 0. The van der Waals surface area contributed by atoms with Crippen LogP contribution in [0.3, 0.4) is 0 Å². The molecule has 0 radical (unpaired) electrons. The summed E-state index contributed by atoms with van der Waals surface area (Å²) in [6, 6.07) is 5.71. The highest BCUT2D eigenvalue weighted by atomic mass is 35.5. The number of anilines is 1. The lowest BCUT2D eigenvalue weighted by atomic mass is 10.3. The van der Waals surface area contributed by atoms with E-state index in [2.05, 4.69) is 9.97 Å². The van der Waals surface area contributed by atoms with Crippen LogP contribution >= 0.6 is 22.9 Å². The summed E-state index contributed by atoms with van der Waals surface area (Å²) < 4.78 is 0.760. The van der Waals surface area contributed by atoms with Gasteiger partial charge < -0.3 is 10.6 Å². The van der Waals surface area contributed by atoms with Crippen LogP contribution in [0.5, 0.6) is 0 Å². The molecule has 0 atom stereocenters. The van der Waals surface area contributed by atoms with Crippen LogP contribution in [0.4, 0.5) is 5.95 Å².